The quantitative estimate of drug-likeness (QED) is 0.619. The van der Waals surface area contributed by atoms with Crippen molar-refractivity contribution in [1.82, 2.24) is 4.98 Å². The van der Waals surface area contributed by atoms with E-state index in [1.165, 1.54) is 19.0 Å². The SMILES string of the molecule is N#CC1CC2(C1)CC1CCC(C2)N1c1ccc([N+](=O)[O-])cn1. The summed E-state index contributed by atoms with van der Waals surface area (Å²) in [5, 5.41) is 19.8. The highest BCUT2D eigenvalue weighted by atomic mass is 16.6. The first-order chi connectivity index (χ1) is 10.6. The minimum absolute atomic E-state index is 0.0421. The Morgan fingerprint density at radius 2 is 1.95 bits per heavy atom. The molecule has 3 fully saturated rings. The second-order valence-electron chi connectivity index (χ2n) is 7.07. The Balaban J connectivity index is 1.53. The Morgan fingerprint density at radius 3 is 2.45 bits per heavy atom. The number of hydrogen-bond acceptors (Lipinski definition) is 5. The van der Waals surface area contributed by atoms with Crippen molar-refractivity contribution in [3.8, 4) is 6.07 Å². The van der Waals surface area contributed by atoms with Crippen molar-refractivity contribution in [1.29, 1.82) is 5.26 Å². The first kappa shape index (κ1) is 13.5. The second kappa shape index (κ2) is 4.67. The number of aromatic nitrogens is 1. The summed E-state index contributed by atoms with van der Waals surface area (Å²) < 4.78 is 0. The summed E-state index contributed by atoms with van der Waals surface area (Å²) in [4.78, 5) is 17.0. The molecule has 0 N–H and O–H groups in total. The number of rotatable bonds is 2. The van der Waals surface area contributed by atoms with Crippen molar-refractivity contribution in [3.63, 3.8) is 0 Å². The number of fused-ring (bicyclic) bond motifs is 2. The number of nitro groups is 1. The lowest BCUT2D eigenvalue weighted by atomic mass is 9.56. The van der Waals surface area contributed by atoms with Gasteiger partial charge in [-0.05, 0) is 50.0 Å². The molecule has 0 amide bonds. The molecular formula is C16H18N4O2. The predicted molar refractivity (Wildman–Crippen MR) is 80.2 cm³/mol. The van der Waals surface area contributed by atoms with Crippen LogP contribution >= 0.6 is 0 Å². The van der Waals surface area contributed by atoms with Crippen molar-refractivity contribution in [3.05, 3.63) is 28.4 Å². The molecule has 1 aromatic rings. The molecule has 2 unspecified atom stereocenters. The Morgan fingerprint density at radius 1 is 1.27 bits per heavy atom. The third kappa shape index (κ3) is 1.96. The fourth-order valence-electron chi connectivity index (χ4n) is 4.87. The summed E-state index contributed by atoms with van der Waals surface area (Å²) in [6, 6.07) is 6.67. The predicted octanol–water partition coefficient (Wildman–Crippen LogP) is 3.04. The average Bonchev–Trinajstić information content (AvgIpc) is 2.75. The maximum atomic E-state index is 10.7. The van der Waals surface area contributed by atoms with Gasteiger partial charge in [0.2, 0.25) is 0 Å². The Bertz CT molecular complexity index is 629. The molecule has 22 heavy (non-hydrogen) atoms. The highest BCUT2D eigenvalue weighted by Gasteiger charge is 2.54. The highest BCUT2D eigenvalue weighted by molar-refractivity contribution is 5.47. The van der Waals surface area contributed by atoms with Gasteiger partial charge in [-0.15, -0.1) is 0 Å². The molecule has 0 radical (unpaired) electrons. The van der Waals surface area contributed by atoms with E-state index in [4.69, 9.17) is 5.26 Å². The molecule has 3 aliphatic rings. The first-order valence-electron chi connectivity index (χ1n) is 7.89. The van der Waals surface area contributed by atoms with Gasteiger partial charge in [0.05, 0.1) is 11.0 Å². The zero-order chi connectivity index (χ0) is 15.3. The molecular weight excluding hydrogens is 280 g/mol. The Kier molecular flexibility index (Phi) is 2.86. The van der Waals surface area contributed by atoms with Gasteiger partial charge in [-0.25, -0.2) is 4.98 Å². The van der Waals surface area contributed by atoms with Crippen LogP contribution < -0.4 is 4.90 Å². The highest BCUT2D eigenvalue weighted by Crippen LogP contribution is 2.58. The molecule has 1 aliphatic carbocycles. The molecule has 114 valence electrons. The van der Waals surface area contributed by atoms with E-state index in [-0.39, 0.29) is 11.6 Å². The molecule has 2 saturated heterocycles. The fraction of sp³-hybridized carbons (Fsp3) is 0.625. The standard InChI is InChI=1S/C16H18N4O2/c17-9-11-5-16(6-11)7-12-1-2-13(8-16)19(12)15-4-3-14(10-18-15)20(21)22/h3-4,10-13H,1-2,5-8H2. The summed E-state index contributed by atoms with van der Waals surface area (Å²) >= 11 is 0. The summed E-state index contributed by atoms with van der Waals surface area (Å²) in [5.74, 6) is 1.12. The van der Waals surface area contributed by atoms with Gasteiger partial charge >= 0.3 is 0 Å². The van der Waals surface area contributed by atoms with E-state index >= 15 is 0 Å². The molecule has 2 atom stereocenters. The van der Waals surface area contributed by atoms with Gasteiger partial charge in [0.25, 0.3) is 5.69 Å². The average molecular weight is 298 g/mol. The Labute approximate surface area is 128 Å². The number of anilines is 1. The monoisotopic (exact) mass is 298 g/mol. The first-order valence-corrected chi connectivity index (χ1v) is 7.89. The maximum Gasteiger partial charge on any atom is 0.287 e. The van der Waals surface area contributed by atoms with Gasteiger partial charge in [-0.2, -0.15) is 5.26 Å². The van der Waals surface area contributed by atoms with Crippen LogP contribution in [0.3, 0.4) is 0 Å². The van der Waals surface area contributed by atoms with E-state index in [1.54, 1.807) is 12.1 Å². The van der Waals surface area contributed by atoms with Crippen LogP contribution in [-0.2, 0) is 0 Å². The van der Waals surface area contributed by atoms with Gasteiger partial charge in [0.1, 0.15) is 12.0 Å². The lowest BCUT2D eigenvalue weighted by Crippen LogP contribution is -2.52. The van der Waals surface area contributed by atoms with Crippen LogP contribution in [0.5, 0.6) is 0 Å². The van der Waals surface area contributed by atoms with Gasteiger partial charge in [0.15, 0.2) is 0 Å². The largest absolute Gasteiger partial charge is 0.351 e. The van der Waals surface area contributed by atoms with Crippen molar-refractivity contribution >= 4 is 11.5 Å². The zero-order valence-electron chi connectivity index (χ0n) is 12.3. The van der Waals surface area contributed by atoms with E-state index in [0.29, 0.717) is 17.5 Å². The molecule has 2 bridgehead atoms. The molecule has 1 aromatic heterocycles. The Hall–Kier alpha value is -2.16. The number of piperidine rings is 1. The number of nitrogens with zero attached hydrogens (tertiary/aromatic N) is 4. The van der Waals surface area contributed by atoms with Crippen LogP contribution in [0, 0.1) is 32.8 Å². The second-order valence-corrected chi connectivity index (χ2v) is 7.07. The van der Waals surface area contributed by atoms with Crippen LogP contribution in [-0.4, -0.2) is 22.0 Å². The third-order valence-electron chi connectivity index (χ3n) is 5.71. The van der Waals surface area contributed by atoms with Gasteiger partial charge < -0.3 is 4.90 Å². The van der Waals surface area contributed by atoms with Crippen molar-refractivity contribution in [2.45, 2.75) is 50.6 Å². The number of nitriles is 1. The van der Waals surface area contributed by atoms with Crippen LogP contribution in [0.4, 0.5) is 11.5 Å². The maximum absolute atomic E-state index is 10.7. The molecule has 2 aliphatic heterocycles. The lowest BCUT2D eigenvalue weighted by Gasteiger charge is -2.53. The topological polar surface area (TPSA) is 83.1 Å². The van der Waals surface area contributed by atoms with E-state index in [0.717, 1.165) is 31.5 Å². The van der Waals surface area contributed by atoms with Crippen molar-refractivity contribution < 1.29 is 4.92 Å². The molecule has 6 nitrogen and oxygen atoms in total. The minimum Gasteiger partial charge on any atom is -0.351 e. The molecule has 1 spiro atoms. The molecule has 1 saturated carbocycles. The molecule has 0 aromatic carbocycles. The van der Waals surface area contributed by atoms with E-state index in [2.05, 4.69) is 16.0 Å². The van der Waals surface area contributed by atoms with Crippen LogP contribution in [0.15, 0.2) is 18.3 Å². The van der Waals surface area contributed by atoms with E-state index in [1.807, 2.05) is 0 Å². The number of hydrogen-bond donors (Lipinski definition) is 0. The smallest absolute Gasteiger partial charge is 0.287 e. The van der Waals surface area contributed by atoms with Crippen LogP contribution in [0.25, 0.3) is 0 Å². The van der Waals surface area contributed by atoms with Crippen molar-refractivity contribution in [2.75, 3.05) is 4.90 Å². The lowest BCUT2D eigenvalue weighted by molar-refractivity contribution is -0.385. The summed E-state index contributed by atoms with van der Waals surface area (Å²) in [6.45, 7) is 0. The normalized spacial score (nSPS) is 36.0. The van der Waals surface area contributed by atoms with Gasteiger partial charge in [-0.1, -0.05) is 0 Å². The summed E-state index contributed by atoms with van der Waals surface area (Å²) in [5.41, 5.74) is 0.421. The van der Waals surface area contributed by atoms with Gasteiger partial charge in [-0.3, -0.25) is 10.1 Å². The third-order valence-corrected chi connectivity index (χ3v) is 5.71. The van der Waals surface area contributed by atoms with Crippen molar-refractivity contribution in [2.24, 2.45) is 11.3 Å². The van der Waals surface area contributed by atoms with Gasteiger partial charge in [0, 0.05) is 24.1 Å². The zero-order valence-corrected chi connectivity index (χ0v) is 12.3. The number of pyridine rings is 1. The summed E-state index contributed by atoms with van der Waals surface area (Å²) in [6.07, 6.45) is 8.08. The fourth-order valence-corrected chi connectivity index (χ4v) is 4.87. The van der Waals surface area contributed by atoms with Crippen LogP contribution in [0.1, 0.15) is 38.5 Å². The summed E-state index contributed by atoms with van der Waals surface area (Å²) in [7, 11) is 0. The molecule has 6 heteroatoms. The minimum atomic E-state index is -0.410. The van der Waals surface area contributed by atoms with E-state index in [9.17, 15) is 10.1 Å². The molecule has 4 rings (SSSR count). The van der Waals surface area contributed by atoms with Crippen LogP contribution in [0.2, 0.25) is 0 Å². The van der Waals surface area contributed by atoms with E-state index < -0.39 is 4.92 Å². The molecule has 3 heterocycles.